The van der Waals surface area contributed by atoms with Crippen molar-refractivity contribution in [2.24, 2.45) is 0 Å². The Morgan fingerprint density at radius 3 is 2.35 bits per heavy atom. The molecule has 4 rings (SSSR count). The van der Waals surface area contributed by atoms with Crippen LogP contribution in [0, 0.1) is 0 Å². The van der Waals surface area contributed by atoms with Gasteiger partial charge in [0, 0.05) is 10.0 Å². The Balaban J connectivity index is 1.48. The van der Waals surface area contributed by atoms with Gasteiger partial charge in [-0.1, -0.05) is 65.4 Å². The highest BCUT2D eigenvalue weighted by atomic mass is 35.5. The molecule has 3 aromatic carbocycles. The number of nitrogens with zero attached hydrogens (tertiary/aromatic N) is 1. The Morgan fingerprint density at radius 2 is 1.68 bits per heavy atom. The molecule has 4 nitrogen and oxygen atoms in total. The fraction of sp³-hybridized carbons (Fsp3) is 0. The lowest BCUT2D eigenvalue weighted by atomic mass is 10.2. The molecule has 1 fully saturated rings. The number of halogens is 2. The van der Waals surface area contributed by atoms with Crippen LogP contribution >= 0.6 is 47.2 Å². The summed E-state index contributed by atoms with van der Waals surface area (Å²) >= 11 is 18.5. The van der Waals surface area contributed by atoms with Gasteiger partial charge in [0.2, 0.25) is 0 Å². The van der Waals surface area contributed by atoms with Gasteiger partial charge in [-0.15, -0.1) is 0 Å². The molecule has 31 heavy (non-hydrogen) atoms. The third kappa shape index (κ3) is 4.99. The molecule has 8 heteroatoms. The Kier molecular flexibility index (Phi) is 6.43. The molecule has 0 aliphatic carbocycles. The lowest BCUT2D eigenvalue weighted by molar-refractivity contribution is -0.113. The van der Waals surface area contributed by atoms with Gasteiger partial charge in [-0.2, -0.15) is 0 Å². The topological polar surface area (TPSA) is 46.6 Å². The Bertz CT molecular complexity index is 1210. The molecule has 0 spiro atoms. The number of hydrogen-bond acceptors (Lipinski definition) is 5. The summed E-state index contributed by atoms with van der Waals surface area (Å²) in [7, 11) is 0. The molecule has 0 aromatic heterocycles. The van der Waals surface area contributed by atoms with Crippen molar-refractivity contribution in [1.29, 1.82) is 0 Å². The van der Waals surface area contributed by atoms with E-state index in [2.05, 4.69) is 0 Å². The van der Waals surface area contributed by atoms with E-state index in [1.165, 1.54) is 16.7 Å². The molecule has 1 aliphatic rings. The quantitative estimate of drug-likeness (QED) is 0.180. The van der Waals surface area contributed by atoms with Crippen molar-refractivity contribution in [3.63, 3.8) is 0 Å². The molecule has 1 heterocycles. The normalized spacial score (nSPS) is 14.9. The molecule has 1 amide bonds. The summed E-state index contributed by atoms with van der Waals surface area (Å²) in [6.45, 7) is 0. The predicted molar refractivity (Wildman–Crippen MR) is 130 cm³/mol. The Morgan fingerprint density at radius 1 is 0.968 bits per heavy atom. The van der Waals surface area contributed by atoms with Crippen LogP contribution in [0.25, 0.3) is 6.08 Å². The number of anilines is 1. The summed E-state index contributed by atoms with van der Waals surface area (Å²) in [4.78, 5) is 27.0. The first-order valence-corrected chi connectivity index (χ1v) is 11.0. The van der Waals surface area contributed by atoms with Crippen molar-refractivity contribution in [1.82, 2.24) is 0 Å². The minimum atomic E-state index is -0.480. The van der Waals surface area contributed by atoms with Crippen LogP contribution in [0.15, 0.2) is 77.7 Å². The standard InChI is InChI=1S/C23H13Cl2NO3S2/c24-16-8-6-15(7-9-16)22(28)29-19-10-4-14(5-11-19)12-20-21(27)26(23(30)31-20)18-3-1-2-17(25)13-18/h1-13H. The molecule has 154 valence electrons. The van der Waals surface area contributed by atoms with E-state index in [-0.39, 0.29) is 5.91 Å². The van der Waals surface area contributed by atoms with Crippen molar-refractivity contribution in [2.45, 2.75) is 0 Å². The first-order valence-electron chi connectivity index (χ1n) is 9.02. The number of thiocarbonyl (C=S) groups is 1. The van der Waals surface area contributed by atoms with Crippen LogP contribution < -0.4 is 9.64 Å². The minimum Gasteiger partial charge on any atom is -0.423 e. The van der Waals surface area contributed by atoms with E-state index in [0.717, 1.165) is 5.56 Å². The number of ether oxygens (including phenoxy) is 1. The molecule has 0 unspecified atom stereocenters. The fourth-order valence-electron chi connectivity index (χ4n) is 2.84. The van der Waals surface area contributed by atoms with Crippen molar-refractivity contribution >= 4 is 75.1 Å². The molecule has 0 saturated carbocycles. The summed E-state index contributed by atoms with van der Waals surface area (Å²) in [6, 6.07) is 20.3. The van der Waals surface area contributed by atoms with Crippen molar-refractivity contribution in [2.75, 3.05) is 4.90 Å². The van der Waals surface area contributed by atoms with Gasteiger partial charge in [0.05, 0.1) is 16.2 Å². The molecule has 0 radical (unpaired) electrons. The zero-order chi connectivity index (χ0) is 22.0. The maximum atomic E-state index is 12.9. The van der Waals surface area contributed by atoms with Gasteiger partial charge in [-0.25, -0.2) is 4.79 Å². The SMILES string of the molecule is O=C(Oc1ccc(C=C2SC(=S)N(c3cccc(Cl)c3)C2=O)cc1)c1ccc(Cl)cc1. The molecular weight excluding hydrogens is 473 g/mol. The van der Waals surface area contributed by atoms with Crippen molar-refractivity contribution < 1.29 is 14.3 Å². The van der Waals surface area contributed by atoms with Crippen LogP contribution in [-0.4, -0.2) is 16.2 Å². The number of amides is 1. The van der Waals surface area contributed by atoms with Gasteiger partial charge in [0.1, 0.15) is 5.75 Å². The highest BCUT2D eigenvalue weighted by Gasteiger charge is 2.33. The lowest BCUT2D eigenvalue weighted by Crippen LogP contribution is -2.27. The number of hydrogen-bond donors (Lipinski definition) is 0. The second-order valence-electron chi connectivity index (χ2n) is 6.46. The van der Waals surface area contributed by atoms with Crippen LogP contribution in [0.3, 0.4) is 0 Å². The Hall–Kier alpha value is -2.64. The van der Waals surface area contributed by atoms with Crippen molar-refractivity contribution in [3.05, 3.63) is 98.9 Å². The van der Waals surface area contributed by atoms with Gasteiger partial charge in [-0.3, -0.25) is 9.69 Å². The summed E-state index contributed by atoms with van der Waals surface area (Å²) in [5, 5.41) is 1.07. The van der Waals surface area contributed by atoms with Gasteiger partial charge < -0.3 is 4.74 Å². The van der Waals surface area contributed by atoms with E-state index < -0.39 is 5.97 Å². The maximum Gasteiger partial charge on any atom is 0.343 e. The predicted octanol–water partition coefficient (Wildman–Crippen LogP) is 6.62. The molecule has 0 N–H and O–H groups in total. The number of carbonyl (C=O) groups excluding carboxylic acids is 2. The van der Waals surface area contributed by atoms with Crippen LogP contribution in [0.5, 0.6) is 5.75 Å². The van der Waals surface area contributed by atoms with E-state index in [4.69, 9.17) is 40.2 Å². The smallest absolute Gasteiger partial charge is 0.343 e. The monoisotopic (exact) mass is 485 g/mol. The highest BCUT2D eigenvalue weighted by molar-refractivity contribution is 8.27. The maximum absolute atomic E-state index is 12.9. The number of carbonyl (C=O) groups is 2. The second kappa shape index (κ2) is 9.24. The number of rotatable bonds is 4. The molecule has 1 aliphatic heterocycles. The van der Waals surface area contributed by atoms with Crippen molar-refractivity contribution in [3.8, 4) is 5.75 Å². The average molecular weight is 486 g/mol. The average Bonchev–Trinajstić information content (AvgIpc) is 3.02. The number of benzene rings is 3. The zero-order valence-corrected chi connectivity index (χ0v) is 18.9. The van der Waals surface area contributed by atoms with E-state index in [0.29, 0.717) is 36.3 Å². The van der Waals surface area contributed by atoms with E-state index in [1.807, 2.05) is 0 Å². The number of esters is 1. The molecule has 1 saturated heterocycles. The van der Waals surface area contributed by atoms with E-state index in [9.17, 15) is 9.59 Å². The van der Waals surface area contributed by atoms with Gasteiger partial charge in [0.15, 0.2) is 4.32 Å². The number of thioether (sulfide) groups is 1. The molecular formula is C23H13Cl2NO3S2. The van der Waals surface area contributed by atoms with Gasteiger partial charge >= 0.3 is 5.97 Å². The second-order valence-corrected chi connectivity index (χ2v) is 9.01. The van der Waals surface area contributed by atoms with Crippen LogP contribution in [0.2, 0.25) is 10.0 Å². The van der Waals surface area contributed by atoms with Crippen LogP contribution in [0.4, 0.5) is 5.69 Å². The fourth-order valence-corrected chi connectivity index (χ4v) is 4.45. The summed E-state index contributed by atoms with van der Waals surface area (Å²) in [5.41, 5.74) is 1.80. The minimum absolute atomic E-state index is 0.212. The summed E-state index contributed by atoms with van der Waals surface area (Å²) in [5.74, 6) is -0.300. The highest BCUT2D eigenvalue weighted by Crippen LogP contribution is 2.36. The van der Waals surface area contributed by atoms with E-state index in [1.54, 1.807) is 78.9 Å². The summed E-state index contributed by atoms with van der Waals surface area (Å²) < 4.78 is 5.81. The molecule has 0 atom stereocenters. The van der Waals surface area contributed by atoms with Crippen LogP contribution in [0.1, 0.15) is 15.9 Å². The third-order valence-electron chi connectivity index (χ3n) is 4.33. The van der Waals surface area contributed by atoms with Gasteiger partial charge in [0.25, 0.3) is 5.91 Å². The zero-order valence-electron chi connectivity index (χ0n) is 15.7. The largest absolute Gasteiger partial charge is 0.423 e. The van der Waals surface area contributed by atoms with Crippen LogP contribution in [-0.2, 0) is 4.79 Å². The van der Waals surface area contributed by atoms with Gasteiger partial charge in [-0.05, 0) is 66.2 Å². The summed E-state index contributed by atoms with van der Waals surface area (Å²) in [6.07, 6.45) is 1.74. The lowest BCUT2D eigenvalue weighted by Gasteiger charge is -2.14. The Labute approximate surface area is 198 Å². The third-order valence-corrected chi connectivity index (χ3v) is 6.12. The molecule has 3 aromatic rings. The molecule has 0 bridgehead atoms. The first-order chi connectivity index (χ1) is 14.9. The first kappa shape index (κ1) is 21.6. The van der Waals surface area contributed by atoms with E-state index >= 15 is 0 Å².